The third kappa shape index (κ3) is 3.25. The van der Waals surface area contributed by atoms with E-state index in [4.69, 9.17) is 4.42 Å². The summed E-state index contributed by atoms with van der Waals surface area (Å²) in [5.41, 5.74) is 2.51. The average Bonchev–Trinajstić information content (AvgIpc) is 2.59. The van der Waals surface area contributed by atoms with Crippen molar-refractivity contribution < 1.29 is 8.81 Å². The summed E-state index contributed by atoms with van der Waals surface area (Å²) in [6.45, 7) is 3.84. The molecule has 0 aliphatic rings. The monoisotopic (exact) mass is 324 g/mol. The van der Waals surface area contributed by atoms with E-state index in [-0.39, 0.29) is 5.58 Å². The van der Waals surface area contributed by atoms with Crippen molar-refractivity contribution in [1.29, 1.82) is 0 Å². The fraction of sp³-hybridized carbons (Fsp3) is 0.286. The van der Waals surface area contributed by atoms with Gasteiger partial charge in [0.05, 0.1) is 5.56 Å². The lowest BCUT2D eigenvalue weighted by molar-refractivity contribution is 0.523. The molecule has 24 heavy (non-hydrogen) atoms. The van der Waals surface area contributed by atoms with Gasteiger partial charge in [0.1, 0.15) is 0 Å². The van der Waals surface area contributed by atoms with Crippen LogP contribution in [0.4, 0.5) is 4.39 Å². The molecule has 2 nitrogen and oxygen atoms in total. The van der Waals surface area contributed by atoms with Gasteiger partial charge in [-0.3, -0.25) is 0 Å². The van der Waals surface area contributed by atoms with Crippen LogP contribution in [0, 0.1) is 12.7 Å². The summed E-state index contributed by atoms with van der Waals surface area (Å²) in [4.78, 5) is 12.3. The van der Waals surface area contributed by atoms with Crippen molar-refractivity contribution in [3.05, 3.63) is 69.8 Å². The Bertz CT molecular complexity index is 908. The minimum atomic E-state index is -0.509. The van der Waals surface area contributed by atoms with Gasteiger partial charge in [-0.15, -0.1) is 0 Å². The molecule has 124 valence electrons. The van der Waals surface area contributed by atoms with Crippen molar-refractivity contribution in [2.75, 3.05) is 0 Å². The molecule has 0 saturated carbocycles. The highest BCUT2D eigenvalue weighted by molar-refractivity contribution is 5.82. The minimum Gasteiger partial charge on any atom is -0.419 e. The molecule has 0 bridgehead atoms. The zero-order valence-corrected chi connectivity index (χ0v) is 14.1. The second-order valence-corrected chi connectivity index (χ2v) is 6.22. The molecule has 0 amide bonds. The maximum Gasteiger partial charge on any atom is 0.344 e. The highest BCUT2D eigenvalue weighted by atomic mass is 19.1. The molecule has 3 heteroatoms. The molecule has 0 aliphatic heterocycles. The SMILES string of the molecule is CCCCCc1ccc(-c2cc3ccc(C)c(F)c3oc2=O)cc1. The molecule has 0 saturated heterocycles. The summed E-state index contributed by atoms with van der Waals surface area (Å²) in [5.74, 6) is -0.470. The Balaban J connectivity index is 1.96. The number of hydrogen-bond acceptors (Lipinski definition) is 2. The maximum atomic E-state index is 14.1. The largest absolute Gasteiger partial charge is 0.419 e. The van der Waals surface area contributed by atoms with Crippen LogP contribution < -0.4 is 5.63 Å². The molecule has 0 aliphatic carbocycles. The molecule has 3 rings (SSSR count). The predicted molar refractivity (Wildman–Crippen MR) is 95.8 cm³/mol. The highest BCUT2D eigenvalue weighted by Crippen LogP contribution is 2.25. The van der Waals surface area contributed by atoms with Crippen LogP contribution in [0.5, 0.6) is 0 Å². The molecule has 0 atom stereocenters. The van der Waals surface area contributed by atoms with E-state index in [0.717, 1.165) is 12.0 Å². The Kier molecular flexibility index (Phi) is 4.79. The van der Waals surface area contributed by atoms with Crippen LogP contribution in [0.3, 0.4) is 0 Å². The van der Waals surface area contributed by atoms with E-state index in [1.54, 1.807) is 25.1 Å². The second-order valence-electron chi connectivity index (χ2n) is 6.22. The minimum absolute atomic E-state index is 0.0277. The summed E-state index contributed by atoms with van der Waals surface area (Å²) in [6.07, 6.45) is 4.64. The van der Waals surface area contributed by atoms with E-state index < -0.39 is 11.4 Å². The van der Waals surface area contributed by atoms with Crippen molar-refractivity contribution in [2.45, 2.75) is 39.5 Å². The van der Waals surface area contributed by atoms with Crippen LogP contribution in [0.25, 0.3) is 22.1 Å². The molecule has 1 aromatic heterocycles. The van der Waals surface area contributed by atoms with E-state index in [1.165, 1.54) is 24.8 Å². The van der Waals surface area contributed by atoms with Gasteiger partial charge >= 0.3 is 5.63 Å². The number of fused-ring (bicyclic) bond motifs is 1. The number of benzene rings is 2. The predicted octanol–water partition coefficient (Wildman–Crippen LogP) is 5.64. The first-order valence-corrected chi connectivity index (χ1v) is 8.42. The lowest BCUT2D eigenvalue weighted by Crippen LogP contribution is -2.04. The molecule has 2 aromatic carbocycles. The van der Waals surface area contributed by atoms with E-state index in [1.807, 2.05) is 24.3 Å². The van der Waals surface area contributed by atoms with Gasteiger partial charge in [-0.25, -0.2) is 9.18 Å². The zero-order valence-electron chi connectivity index (χ0n) is 14.1. The third-order valence-electron chi connectivity index (χ3n) is 4.37. The first-order chi connectivity index (χ1) is 11.6. The Morgan fingerprint density at radius 2 is 1.79 bits per heavy atom. The molecule has 3 aromatic rings. The lowest BCUT2D eigenvalue weighted by atomic mass is 10.0. The van der Waals surface area contributed by atoms with Gasteiger partial charge in [-0.2, -0.15) is 0 Å². The van der Waals surface area contributed by atoms with Gasteiger partial charge in [0, 0.05) is 5.39 Å². The Morgan fingerprint density at radius 1 is 1.04 bits per heavy atom. The standard InChI is InChI=1S/C21H21FO2/c1-3-4-5-6-15-8-11-16(12-9-15)18-13-17-10-7-14(2)19(22)20(17)24-21(18)23/h7-13H,3-6H2,1-2H3. The van der Waals surface area contributed by atoms with Crippen LogP contribution in [0.15, 0.2) is 51.7 Å². The van der Waals surface area contributed by atoms with E-state index in [2.05, 4.69) is 6.92 Å². The fourth-order valence-electron chi connectivity index (χ4n) is 2.88. The fourth-order valence-corrected chi connectivity index (χ4v) is 2.88. The average molecular weight is 324 g/mol. The normalized spacial score (nSPS) is 11.1. The van der Waals surface area contributed by atoms with Crippen LogP contribution in [0.1, 0.15) is 37.3 Å². The van der Waals surface area contributed by atoms with E-state index >= 15 is 0 Å². The van der Waals surface area contributed by atoms with Crippen molar-refractivity contribution in [3.8, 4) is 11.1 Å². The maximum absolute atomic E-state index is 14.1. The Labute approximate surface area is 140 Å². The van der Waals surface area contributed by atoms with Gasteiger partial charge in [-0.05, 0) is 42.5 Å². The second kappa shape index (κ2) is 7.00. The summed E-state index contributed by atoms with van der Waals surface area (Å²) >= 11 is 0. The van der Waals surface area contributed by atoms with Gasteiger partial charge < -0.3 is 4.42 Å². The first kappa shape index (κ1) is 16.4. The number of aryl methyl sites for hydroxylation is 2. The number of unbranched alkanes of at least 4 members (excludes halogenated alkanes) is 2. The van der Waals surface area contributed by atoms with Crippen molar-refractivity contribution >= 4 is 11.0 Å². The molecule has 0 radical (unpaired) electrons. The molecular formula is C21H21FO2. The molecule has 0 spiro atoms. The van der Waals surface area contributed by atoms with Crippen LogP contribution in [-0.2, 0) is 6.42 Å². The first-order valence-electron chi connectivity index (χ1n) is 8.42. The zero-order chi connectivity index (χ0) is 17.1. The van der Waals surface area contributed by atoms with Crippen LogP contribution >= 0.6 is 0 Å². The molecule has 1 heterocycles. The van der Waals surface area contributed by atoms with E-state index in [0.29, 0.717) is 16.5 Å². The topological polar surface area (TPSA) is 30.2 Å². The lowest BCUT2D eigenvalue weighted by Gasteiger charge is -2.06. The van der Waals surface area contributed by atoms with Crippen molar-refractivity contribution in [1.82, 2.24) is 0 Å². The molecule has 0 N–H and O–H groups in total. The summed E-state index contributed by atoms with van der Waals surface area (Å²) < 4.78 is 19.3. The molecule has 0 fully saturated rings. The Hall–Kier alpha value is -2.42. The quantitative estimate of drug-likeness (QED) is 0.449. The van der Waals surface area contributed by atoms with Crippen molar-refractivity contribution in [2.24, 2.45) is 0 Å². The van der Waals surface area contributed by atoms with Gasteiger partial charge in [0.25, 0.3) is 0 Å². The summed E-state index contributed by atoms with van der Waals surface area (Å²) in [7, 11) is 0. The molecular weight excluding hydrogens is 303 g/mol. The Morgan fingerprint density at radius 3 is 2.50 bits per heavy atom. The molecule has 0 unspecified atom stereocenters. The van der Waals surface area contributed by atoms with Crippen LogP contribution in [0.2, 0.25) is 0 Å². The summed E-state index contributed by atoms with van der Waals surface area (Å²) in [5, 5.41) is 0.597. The number of hydrogen-bond donors (Lipinski definition) is 0. The highest BCUT2D eigenvalue weighted by Gasteiger charge is 2.12. The van der Waals surface area contributed by atoms with Crippen LogP contribution in [-0.4, -0.2) is 0 Å². The van der Waals surface area contributed by atoms with Gasteiger partial charge in [-0.1, -0.05) is 56.2 Å². The van der Waals surface area contributed by atoms with Crippen molar-refractivity contribution in [3.63, 3.8) is 0 Å². The smallest absolute Gasteiger partial charge is 0.344 e. The third-order valence-corrected chi connectivity index (χ3v) is 4.37. The summed E-state index contributed by atoms with van der Waals surface area (Å²) in [6, 6.07) is 13.1. The number of rotatable bonds is 5. The van der Waals surface area contributed by atoms with Gasteiger partial charge in [0.15, 0.2) is 11.4 Å². The van der Waals surface area contributed by atoms with Gasteiger partial charge in [0.2, 0.25) is 0 Å². The van der Waals surface area contributed by atoms with E-state index in [9.17, 15) is 9.18 Å². The number of halogens is 1.